The number of aromatic amines is 2. The first kappa shape index (κ1) is 14.8. The molecule has 0 fully saturated rings. The molecule has 8 heteroatoms. The summed E-state index contributed by atoms with van der Waals surface area (Å²) in [4.78, 5) is 12.1. The summed E-state index contributed by atoms with van der Waals surface area (Å²) in [6, 6.07) is 9.19. The number of H-pyrrole nitrogens is 2. The van der Waals surface area contributed by atoms with E-state index in [0.29, 0.717) is 24.4 Å². The van der Waals surface area contributed by atoms with Gasteiger partial charge >= 0.3 is 0 Å². The number of hydrogen-bond acceptors (Lipinski definition) is 5. The van der Waals surface area contributed by atoms with E-state index in [9.17, 15) is 4.79 Å². The van der Waals surface area contributed by atoms with E-state index in [2.05, 4.69) is 30.9 Å². The average Bonchev–Trinajstić information content (AvgIpc) is 3.26. The maximum atomic E-state index is 12.1. The number of amides is 1. The first-order valence-corrected chi connectivity index (χ1v) is 7.09. The van der Waals surface area contributed by atoms with Crippen LogP contribution in [0, 0.1) is 0 Å². The van der Waals surface area contributed by atoms with Crippen LogP contribution in [0.4, 0.5) is 0 Å². The van der Waals surface area contributed by atoms with E-state index in [0.717, 1.165) is 17.0 Å². The number of carbonyl (C=O) groups excluding carboxylic acids is 1. The SMILES string of the molecule is COc1ccc(-c2cc(C(=O)NCCc3cn[nH]n3)[nH]n2)cc1. The van der Waals surface area contributed by atoms with Crippen LogP contribution in [0.1, 0.15) is 16.2 Å². The smallest absolute Gasteiger partial charge is 0.269 e. The number of aromatic nitrogens is 5. The van der Waals surface area contributed by atoms with Gasteiger partial charge in [0.25, 0.3) is 5.91 Å². The van der Waals surface area contributed by atoms with Crippen LogP contribution in [-0.2, 0) is 6.42 Å². The van der Waals surface area contributed by atoms with Gasteiger partial charge in [-0.05, 0) is 30.3 Å². The summed E-state index contributed by atoms with van der Waals surface area (Å²) in [7, 11) is 1.62. The molecule has 0 aliphatic heterocycles. The highest BCUT2D eigenvalue weighted by Crippen LogP contribution is 2.21. The molecule has 3 N–H and O–H groups in total. The Bertz CT molecular complexity index is 764. The van der Waals surface area contributed by atoms with E-state index < -0.39 is 0 Å². The zero-order valence-electron chi connectivity index (χ0n) is 12.5. The van der Waals surface area contributed by atoms with Crippen molar-refractivity contribution in [3.8, 4) is 17.0 Å². The molecule has 0 aliphatic carbocycles. The Morgan fingerprint density at radius 2 is 2.09 bits per heavy atom. The van der Waals surface area contributed by atoms with Gasteiger partial charge in [0.2, 0.25) is 0 Å². The third kappa shape index (κ3) is 3.54. The number of rotatable bonds is 6. The number of hydrogen-bond donors (Lipinski definition) is 3. The van der Waals surface area contributed by atoms with Crippen molar-refractivity contribution < 1.29 is 9.53 Å². The van der Waals surface area contributed by atoms with E-state index in [1.165, 1.54) is 0 Å². The predicted molar refractivity (Wildman–Crippen MR) is 83.0 cm³/mol. The fourth-order valence-electron chi connectivity index (χ4n) is 2.09. The highest BCUT2D eigenvalue weighted by atomic mass is 16.5. The van der Waals surface area contributed by atoms with Crippen molar-refractivity contribution in [3.63, 3.8) is 0 Å². The molecular formula is C15H16N6O2. The summed E-state index contributed by atoms with van der Waals surface area (Å²) in [6.07, 6.45) is 2.24. The monoisotopic (exact) mass is 312 g/mol. The van der Waals surface area contributed by atoms with Crippen LogP contribution in [0.3, 0.4) is 0 Å². The van der Waals surface area contributed by atoms with Crippen molar-refractivity contribution in [1.82, 2.24) is 30.9 Å². The molecule has 0 saturated carbocycles. The fraction of sp³-hybridized carbons (Fsp3) is 0.200. The van der Waals surface area contributed by atoms with Crippen molar-refractivity contribution in [2.75, 3.05) is 13.7 Å². The maximum absolute atomic E-state index is 12.1. The van der Waals surface area contributed by atoms with Crippen LogP contribution in [0.2, 0.25) is 0 Å². The summed E-state index contributed by atoms with van der Waals surface area (Å²) in [5.41, 5.74) is 2.82. The normalized spacial score (nSPS) is 10.5. The molecule has 3 rings (SSSR count). The van der Waals surface area contributed by atoms with E-state index in [1.807, 2.05) is 24.3 Å². The quantitative estimate of drug-likeness (QED) is 0.633. The molecule has 0 radical (unpaired) electrons. The number of ether oxygens (including phenoxy) is 1. The fourth-order valence-corrected chi connectivity index (χ4v) is 2.09. The molecule has 0 bridgehead atoms. The molecule has 0 atom stereocenters. The van der Waals surface area contributed by atoms with Crippen molar-refractivity contribution in [2.24, 2.45) is 0 Å². The molecule has 0 saturated heterocycles. The van der Waals surface area contributed by atoms with Gasteiger partial charge < -0.3 is 10.1 Å². The van der Waals surface area contributed by atoms with Crippen LogP contribution < -0.4 is 10.1 Å². The van der Waals surface area contributed by atoms with Crippen molar-refractivity contribution in [1.29, 1.82) is 0 Å². The molecule has 0 unspecified atom stereocenters. The molecule has 1 aromatic carbocycles. The van der Waals surface area contributed by atoms with Crippen molar-refractivity contribution in [2.45, 2.75) is 6.42 Å². The number of nitrogens with one attached hydrogen (secondary N) is 3. The Kier molecular flexibility index (Phi) is 4.32. The van der Waals surface area contributed by atoms with Gasteiger partial charge in [0.1, 0.15) is 11.4 Å². The van der Waals surface area contributed by atoms with Crippen LogP contribution in [0.5, 0.6) is 5.75 Å². The zero-order chi connectivity index (χ0) is 16.1. The van der Waals surface area contributed by atoms with Crippen LogP contribution in [0.25, 0.3) is 11.3 Å². The minimum Gasteiger partial charge on any atom is -0.497 e. The standard InChI is InChI=1S/C15H16N6O2/c1-23-12-4-2-10(3-5-12)13-8-14(20-19-13)15(22)16-7-6-11-9-17-21-18-11/h2-5,8-9H,6-7H2,1H3,(H,16,22)(H,19,20)(H,17,18,21). The van der Waals surface area contributed by atoms with Gasteiger partial charge in [0.05, 0.1) is 24.7 Å². The summed E-state index contributed by atoms with van der Waals surface area (Å²) < 4.78 is 5.12. The number of benzene rings is 1. The van der Waals surface area contributed by atoms with Gasteiger partial charge in [-0.25, -0.2) is 0 Å². The highest BCUT2D eigenvalue weighted by Gasteiger charge is 2.11. The van der Waals surface area contributed by atoms with E-state index in [4.69, 9.17) is 4.74 Å². The summed E-state index contributed by atoms with van der Waals surface area (Å²) in [5, 5.41) is 19.9. The van der Waals surface area contributed by atoms with Crippen LogP contribution >= 0.6 is 0 Å². The lowest BCUT2D eigenvalue weighted by Crippen LogP contribution is -2.26. The Labute approximate surface area is 132 Å². The van der Waals surface area contributed by atoms with Gasteiger partial charge in [-0.2, -0.15) is 20.5 Å². The van der Waals surface area contributed by atoms with Gasteiger partial charge in [-0.15, -0.1) is 0 Å². The maximum Gasteiger partial charge on any atom is 0.269 e. The van der Waals surface area contributed by atoms with Gasteiger partial charge in [0.15, 0.2) is 0 Å². The molecule has 0 spiro atoms. The van der Waals surface area contributed by atoms with Gasteiger partial charge in [0, 0.05) is 18.5 Å². The van der Waals surface area contributed by atoms with Crippen LogP contribution in [-0.4, -0.2) is 45.2 Å². The average molecular weight is 312 g/mol. The lowest BCUT2D eigenvalue weighted by Gasteiger charge is -2.01. The molecule has 2 aromatic heterocycles. The Morgan fingerprint density at radius 1 is 1.26 bits per heavy atom. The second kappa shape index (κ2) is 6.73. The first-order valence-electron chi connectivity index (χ1n) is 7.09. The van der Waals surface area contributed by atoms with Gasteiger partial charge in [-0.1, -0.05) is 0 Å². The number of nitrogens with zero attached hydrogens (tertiary/aromatic N) is 3. The summed E-state index contributed by atoms with van der Waals surface area (Å²) >= 11 is 0. The second-order valence-electron chi connectivity index (χ2n) is 4.86. The number of methoxy groups -OCH3 is 1. The molecule has 118 valence electrons. The topological polar surface area (TPSA) is 109 Å². The minimum absolute atomic E-state index is 0.208. The number of carbonyl (C=O) groups is 1. The summed E-state index contributed by atoms with van der Waals surface area (Å²) in [5.74, 6) is 0.566. The minimum atomic E-state index is -0.208. The van der Waals surface area contributed by atoms with E-state index in [1.54, 1.807) is 19.4 Å². The molecule has 8 nitrogen and oxygen atoms in total. The molecule has 1 amide bonds. The highest BCUT2D eigenvalue weighted by molar-refractivity contribution is 5.93. The predicted octanol–water partition coefficient (Wildman–Crippen LogP) is 1.18. The Hall–Kier alpha value is -3.16. The largest absolute Gasteiger partial charge is 0.497 e. The third-order valence-corrected chi connectivity index (χ3v) is 3.34. The van der Waals surface area contributed by atoms with Crippen LogP contribution in [0.15, 0.2) is 36.5 Å². The Balaban J connectivity index is 1.60. The Morgan fingerprint density at radius 3 is 2.78 bits per heavy atom. The lowest BCUT2D eigenvalue weighted by molar-refractivity contribution is 0.0949. The molecule has 2 heterocycles. The van der Waals surface area contributed by atoms with E-state index in [-0.39, 0.29) is 5.91 Å². The first-order chi connectivity index (χ1) is 11.3. The molecule has 23 heavy (non-hydrogen) atoms. The zero-order valence-corrected chi connectivity index (χ0v) is 12.5. The van der Waals surface area contributed by atoms with Crippen molar-refractivity contribution in [3.05, 3.63) is 47.9 Å². The lowest BCUT2D eigenvalue weighted by atomic mass is 10.1. The third-order valence-electron chi connectivity index (χ3n) is 3.34. The molecule has 0 aliphatic rings. The second-order valence-corrected chi connectivity index (χ2v) is 4.86. The molecular weight excluding hydrogens is 296 g/mol. The van der Waals surface area contributed by atoms with Crippen molar-refractivity contribution >= 4 is 5.91 Å². The summed E-state index contributed by atoms with van der Waals surface area (Å²) in [6.45, 7) is 0.474. The molecule has 3 aromatic rings. The van der Waals surface area contributed by atoms with Gasteiger partial charge in [-0.3, -0.25) is 9.89 Å². The van der Waals surface area contributed by atoms with E-state index >= 15 is 0 Å².